The number of hydrogen-bond acceptors (Lipinski definition) is 3. The Hall–Kier alpha value is -2.59. The largest absolute Gasteiger partial charge is 0.486 e. The zero-order chi connectivity index (χ0) is 18.0. The zero-order valence-electron chi connectivity index (χ0n) is 14.8. The maximum atomic E-state index is 13.4. The number of benzene rings is 2. The molecule has 1 saturated heterocycles. The van der Waals surface area contributed by atoms with Crippen LogP contribution < -0.4 is 4.74 Å². The molecule has 1 atom stereocenters. The quantitative estimate of drug-likeness (QED) is 0.637. The van der Waals surface area contributed by atoms with Crippen LogP contribution in [-0.2, 0) is 6.54 Å². The predicted molar refractivity (Wildman–Crippen MR) is 99.5 cm³/mol. The summed E-state index contributed by atoms with van der Waals surface area (Å²) in [5, 5.41) is 0. The molecule has 1 aliphatic heterocycles. The second kappa shape index (κ2) is 6.96. The van der Waals surface area contributed by atoms with Crippen molar-refractivity contribution in [1.82, 2.24) is 4.90 Å². The van der Waals surface area contributed by atoms with Crippen LogP contribution in [-0.4, -0.2) is 23.6 Å². The highest BCUT2D eigenvalue weighted by atomic mass is 19.1. The van der Waals surface area contributed by atoms with Crippen molar-refractivity contribution in [3.05, 3.63) is 78.3 Å². The Labute approximate surface area is 153 Å². The number of halogens is 1. The van der Waals surface area contributed by atoms with E-state index in [1.807, 2.05) is 42.5 Å². The van der Waals surface area contributed by atoms with Crippen molar-refractivity contribution in [3.8, 4) is 17.1 Å². The second-order valence-electron chi connectivity index (χ2n) is 7.10. The van der Waals surface area contributed by atoms with Gasteiger partial charge in [0, 0.05) is 31.1 Å². The molecule has 0 aliphatic carbocycles. The normalized spacial score (nSPS) is 20.4. The van der Waals surface area contributed by atoms with Gasteiger partial charge in [-0.05, 0) is 31.2 Å². The summed E-state index contributed by atoms with van der Waals surface area (Å²) in [7, 11) is 0. The molecule has 0 radical (unpaired) electrons. The van der Waals surface area contributed by atoms with E-state index in [9.17, 15) is 4.39 Å². The lowest BCUT2D eigenvalue weighted by molar-refractivity contribution is 0.0936. The molecular formula is C22H22FNO2. The van der Waals surface area contributed by atoms with Crippen molar-refractivity contribution in [2.75, 3.05) is 13.1 Å². The Morgan fingerprint density at radius 3 is 2.73 bits per heavy atom. The first-order valence-electron chi connectivity index (χ1n) is 8.91. The summed E-state index contributed by atoms with van der Waals surface area (Å²) >= 11 is 0. The van der Waals surface area contributed by atoms with Crippen LogP contribution in [0, 0.1) is 5.82 Å². The Morgan fingerprint density at radius 2 is 1.92 bits per heavy atom. The molecule has 1 aliphatic rings. The van der Waals surface area contributed by atoms with Crippen LogP contribution in [0.5, 0.6) is 5.75 Å². The molecule has 0 N–H and O–H groups in total. The number of ether oxygens (including phenoxy) is 1. The molecule has 2 aromatic carbocycles. The minimum Gasteiger partial charge on any atom is -0.486 e. The zero-order valence-corrected chi connectivity index (χ0v) is 14.8. The van der Waals surface area contributed by atoms with Gasteiger partial charge in [0.15, 0.2) is 0 Å². The molecular weight excluding hydrogens is 329 g/mol. The fourth-order valence-electron chi connectivity index (χ4n) is 3.50. The van der Waals surface area contributed by atoms with Gasteiger partial charge in [0.1, 0.15) is 28.7 Å². The highest BCUT2D eigenvalue weighted by Crippen LogP contribution is 2.30. The number of rotatable bonds is 5. The number of furan rings is 1. The minimum absolute atomic E-state index is 0.273. The van der Waals surface area contributed by atoms with E-state index in [-0.39, 0.29) is 11.4 Å². The Morgan fingerprint density at radius 1 is 1.08 bits per heavy atom. The average Bonchev–Trinajstić information content (AvgIpc) is 3.23. The highest BCUT2D eigenvalue weighted by Gasteiger charge is 2.36. The molecule has 4 rings (SSSR count). The second-order valence-corrected chi connectivity index (χ2v) is 7.10. The molecule has 2 heterocycles. The number of hydrogen-bond donors (Lipinski definition) is 0. The molecule has 26 heavy (non-hydrogen) atoms. The summed E-state index contributed by atoms with van der Waals surface area (Å²) in [4.78, 5) is 2.31. The molecule has 3 nitrogen and oxygen atoms in total. The lowest BCUT2D eigenvalue weighted by Gasteiger charge is -2.26. The summed E-state index contributed by atoms with van der Waals surface area (Å²) in [6.45, 7) is 4.53. The first kappa shape index (κ1) is 16.9. The Kier molecular flexibility index (Phi) is 4.51. The highest BCUT2D eigenvalue weighted by molar-refractivity contribution is 5.57. The fourth-order valence-corrected chi connectivity index (χ4v) is 3.50. The third-order valence-corrected chi connectivity index (χ3v) is 4.77. The molecule has 4 heteroatoms. The van der Waals surface area contributed by atoms with Crippen molar-refractivity contribution < 1.29 is 13.5 Å². The van der Waals surface area contributed by atoms with E-state index in [2.05, 4.69) is 11.8 Å². The molecule has 1 unspecified atom stereocenters. The van der Waals surface area contributed by atoms with Gasteiger partial charge < -0.3 is 9.15 Å². The molecule has 0 saturated carbocycles. The maximum Gasteiger partial charge on any atom is 0.134 e. The van der Waals surface area contributed by atoms with Gasteiger partial charge in [-0.25, -0.2) is 4.39 Å². The lowest BCUT2D eigenvalue weighted by Crippen LogP contribution is -2.35. The molecule has 0 amide bonds. The van der Waals surface area contributed by atoms with Gasteiger partial charge in [-0.3, -0.25) is 4.90 Å². The van der Waals surface area contributed by atoms with Gasteiger partial charge in [-0.2, -0.15) is 0 Å². The van der Waals surface area contributed by atoms with Crippen LogP contribution in [0.4, 0.5) is 4.39 Å². The Balaban J connectivity index is 1.39. The monoisotopic (exact) mass is 351 g/mol. The number of likely N-dealkylation sites (tertiary alicyclic amines) is 1. The van der Waals surface area contributed by atoms with Crippen molar-refractivity contribution in [2.24, 2.45) is 0 Å². The lowest BCUT2D eigenvalue weighted by atomic mass is 10.1. The van der Waals surface area contributed by atoms with Gasteiger partial charge in [-0.15, -0.1) is 0 Å². The van der Waals surface area contributed by atoms with E-state index in [0.717, 1.165) is 43.1 Å². The summed E-state index contributed by atoms with van der Waals surface area (Å²) in [5.41, 5.74) is 0.766. The van der Waals surface area contributed by atoms with Crippen molar-refractivity contribution >= 4 is 0 Å². The van der Waals surface area contributed by atoms with Crippen LogP contribution >= 0.6 is 0 Å². The molecule has 1 aromatic heterocycles. The number of nitrogens with zero attached hydrogens (tertiary/aromatic N) is 1. The molecule has 0 spiro atoms. The van der Waals surface area contributed by atoms with Gasteiger partial charge >= 0.3 is 0 Å². The van der Waals surface area contributed by atoms with E-state index in [4.69, 9.17) is 9.15 Å². The minimum atomic E-state index is -0.317. The van der Waals surface area contributed by atoms with Crippen LogP contribution in [0.3, 0.4) is 0 Å². The standard InChI is InChI=1S/C22H22FNO2/c1-22(26-19-9-5-8-18(23)14-19)12-13-24(16-22)15-20-10-11-21(25-20)17-6-3-2-4-7-17/h2-11,14H,12-13,15-16H2,1H3. The van der Waals surface area contributed by atoms with Gasteiger partial charge in [-0.1, -0.05) is 36.4 Å². The summed E-state index contributed by atoms with van der Waals surface area (Å²) in [6, 6.07) is 20.5. The van der Waals surface area contributed by atoms with Crippen LogP contribution in [0.15, 0.2) is 71.1 Å². The molecule has 0 bridgehead atoms. The Bertz CT molecular complexity index is 877. The van der Waals surface area contributed by atoms with Crippen LogP contribution in [0.25, 0.3) is 11.3 Å². The SMILES string of the molecule is CC1(Oc2cccc(F)c2)CCN(Cc2ccc(-c3ccccc3)o2)C1. The van der Waals surface area contributed by atoms with Crippen molar-refractivity contribution in [3.63, 3.8) is 0 Å². The topological polar surface area (TPSA) is 25.6 Å². The summed E-state index contributed by atoms with van der Waals surface area (Å²) < 4.78 is 25.4. The third-order valence-electron chi connectivity index (χ3n) is 4.77. The fraction of sp³-hybridized carbons (Fsp3) is 0.273. The molecule has 3 aromatic rings. The first-order valence-corrected chi connectivity index (χ1v) is 8.91. The van der Waals surface area contributed by atoms with E-state index < -0.39 is 0 Å². The van der Waals surface area contributed by atoms with Crippen LogP contribution in [0.1, 0.15) is 19.1 Å². The van der Waals surface area contributed by atoms with E-state index >= 15 is 0 Å². The van der Waals surface area contributed by atoms with Crippen LogP contribution in [0.2, 0.25) is 0 Å². The maximum absolute atomic E-state index is 13.4. The predicted octanol–water partition coefficient (Wildman–Crippen LogP) is 5.13. The van der Waals surface area contributed by atoms with Gasteiger partial charge in [0.2, 0.25) is 0 Å². The molecule has 1 fully saturated rings. The van der Waals surface area contributed by atoms with E-state index in [1.54, 1.807) is 12.1 Å². The van der Waals surface area contributed by atoms with Gasteiger partial charge in [0.25, 0.3) is 0 Å². The van der Waals surface area contributed by atoms with Gasteiger partial charge in [0.05, 0.1) is 6.54 Å². The van der Waals surface area contributed by atoms with Crippen molar-refractivity contribution in [1.29, 1.82) is 0 Å². The molecule has 134 valence electrons. The third kappa shape index (κ3) is 3.81. The summed E-state index contributed by atoms with van der Waals surface area (Å²) in [5.74, 6) is 2.14. The smallest absolute Gasteiger partial charge is 0.134 e. The first-order chi connectivity index (χ1) is 12.6. The van der Waals surface area contributed by atoms with E-state index in [1.165, 1.54) is 12.1 Å². The average molecular weight is 351 g/mol. The van der Waals surface area contributed by atoms with E-state index in [0.29, 0.717) is 5.75 Å². The summed E-state index contributed by atoms with van der Waals surface area (Å²) in [6.07, 6.45) is 0.899. The van der Waals surface area contributed by atoms with Crippen molar-refractivity contribution in [2.45, 2.75) is 25.5 Å².